The van der Waals surface area contributed by atoms with Crippen LogP contribution in [0.4, 0.5) is 0 Å². The first kappa shape index (κ1) is 32.8. The molecule has 212 valence electrons. The third kappa shape index (κ3) is 18.0. The second kappa shape index (κ2) is 23.5. The van der Waals surface area contributed by atoms with Gasteiger partial charge >= 0.3 is 0 Å². The van der Waals surface area contributed by atoms with Crippen LogP contribution in [0.25, 0.3) is 12.2 Å². The molecule has 0 atom stereocenters. The summed E-state index contributed by atoms with van der Waals surface area (Å²) in [6.45, 7) is 3.40. The molecule has 1 aromatic carbocycles. The Hall–Kier alpha value is -1.39. The highest BCUT2D eigenvalue weighted by atomic mass is 33.1. The molecule has 0 aliphatic rings. The summed E-state index contributed by atoms with van der Waals surface area (Å²) in [6.07, 6.45) is 32.4. The van der Waals surface area contributed by atoms with Crippen LogP contribution in [0, 0.1) is 0 Å². The summed E-state index contributed by atoms with van der Waals surface area (Å²) in [4.78, 5) is 0. The third-order valence-electron chi connectivity index (χ3n) is 7.09. The molecule has 4 heteroatoms. The number of rotatable bonds is 24. The van der Waals surface area contributed by atoms with Gasteiger partial charge in [0.2, 0.25) is 0 Å². The summed E-state index contributed by atoms with van der Waals surface area (Å²) in [5, 5.41) is 9.38. The summed E-state index contributed by atoms with van der Waals surface area (Å²) in [7, 11) is 4.22. The molecule has 2 aromatic rings. The van der Waals surface area contributed by atoms with Crippen LogP contribution in [0.3, 0.4) is 0 Å². The number of aromatic hydroxyl groups is 1. The van der Waals surface area contributed by atoms with E-state index >= 15 is 0 Å². The van der Waals surface area contributed by atoms with Crippen molar-refractivity contribution in [2.45, 2.75) is 123 Å². The van der Waals surface area contributed by atoms with E-state index in [2.05, 4.69) is 69.8 Å². The van der Waals surface area contributed by atoms with E-state index in [-0.39, 0.29) is 0 Å². The maximum absolute atomic E-state index is 9.38. The Labute approximate surface area is 242 Å². The van der Waals surface area contributed by atoms with E-state index in [9.17, 15) is 5.11 Å². The van der Waals surface area contributed by atoms with E-state index in [1.54, 1.807) is 12.1 Å². The Kier molecular flexibility index (Phi) is 20.3. The van der Waals surface area contributed by atoms with Crippen LogP contribution in [0.15, 0.2) is 48.8 Å². The van der Waals surface area contributed by atoms with Crippen molar-refractivity contribution in [3.8, 4) is 5.75 Å². The molecule has 1 N–H and O–H groups in total. The lowest BCUT2D eigenvalue weighted by Gasteiger charge is -2.03. The summed E-state index contributed by atoms with van der Waals surface area (Å²) in [5.74, 6) is 3.00. The minimum Gasteiger partial charge on any atom is -0.508 e. The normalized spacial score (nSPS) is 11.5. The second-order valence-electron chi connectivity index (χ2n) is 10.6. The van der Waals surface area contributed by atoms with Gasteiger partial charge in [0.15, 0.2) is 12.4 Å². The van der Waals surface area contributed by atoms with Gasteiger partial charge in [0.05, 0.1) is 0 Å². The number of hydrogen-bond acceptors (Lipinski definition) is 3. The molecule has 0 amide bonds. The lowest BCUT2D eigenvalue weighted by atomic mass is 10.1. The van der Waals surface area contributed by atoms with Gasteiger partial charge in [-0.3, -0.25) is 0 Å². The molecule has 0 aliphatic heterocycles. The maximum atomic E-state index is 9.38. The number of pyridine rings is 1. The maximum Gasteiger partial charge on any atom is 0.169 e. The molecule has 0 bridgehead atoms. The second-order valence-corrected chi connectivity index (χ2v) is 13.3. The molecule has 1 heterocycles. The Balaban J connectivity index is 1.32. The van der Waals surface area contributed by atoms with Gasteiger partial charge < -0.3 is 5.11 Å². The fourth-order valence-corrected chi connectivity index (χ4v) is 6.91. The van der Waals surface area contributed by atoms with Crippen molar-refractivity contribution in [3.63, 3.8) is 0 Å². The molecule has 1 aromatic heterocycles. The van der Waals surface area contributed by atoms with Crippen molar-refractivity contribution in [1.29, 1.82) is 0 Å². The Morgan fingerprint density at radius 2 is 0.974 bits per heavy atom. The Bertz CT molecular complexity index is 819. The number of nitrogens with zero attached hydrogens (tertiary/aromatic N) is 1. The Morgan fingerprint density at radius 3 is 1.47 bits per heavy atom. The average molecular weight is 557 g/mol. The molecule has 2 nitrogen and oxygen atoms in total. The van der Waals surface area contributed by atoms with Gasteiger partial charge in [0.1, 0.15) is 12.3 Å². The van der Waals surface area contributed by atoms with Gasteiger partial charge in [0, 0.05) is 30.1 Å². The van der Waals surface area contributed by atoms with Crippen LogP contribution in [0.1, 0.15) is 127 Å². The molecule has 0 saturated heterocycles. The number of phenols is 1. The molecule has 0 fully saturated rings. The molecule has 0 aliphatic carbocycles. The molecule has 38 heavy (non-hydrogen) atoms. The van der Waals surface area contributed by atoms with E-state index < -0.39 is 0 Å². The quantitative estimate of drug-likeness (QED) is 0.0790. The smallest absolute Gasteiger partial charge is 0.169 e. The van der Waals surface area contributed by atoms with Crippen LogP contribution >= 0.6 is 21.6 Å². The van der Waals surface area contributed by atoms with E-state index in [0.717, 1.165) is 12.1 Å². The van der Waals surface area contributed by atoms with Gasteiger partial charge in [-0.25, -0.2) is 4.57 Å². The fourth-order valence-electron chi connectivity index (χ4n) is 4.61. The van der Waals surface area contributed by atoms with Crippen LogP contribution in [0.2, 0.25) is 0 Å². The number of unbranched alkanes of at least 4 members (excludes halogenated alkanes) is 15. The predicted molar refractivity (Wildman–Crippen MR) is 173 cm³/mol. The zero-order valence-corrected chi connectivity index (χ0v) is 25.8. The SMILES string of the molecule is CCCCCCCCCCSSCCCCCCCCCCC[n+]1ccc(/C=C/c2ccc(O)cc2)cc1. The van der Waals surface area contributed by atoms with Gasteiger partial charge in [-0.1, -0.05) is 136 Å². The first-order valence-corrected chi connectivity index (χ1v) is 18.0. The first-order valence-electron chi connectivity index (χ1n) is 15.5. The van der Waals surface area contributed by atoms with Gasteiger partial charge in [0.25, 0.3) is 0 Å². The first-order chi connectivity index (χ1) is 18.8. The highest BCUT2D eigenvalue weighted by Crippen LogP contribution is 2.25. The minimum atomic E-state index is 0.307. The summed E-state index contributed by atoms with van der Waals surface area (Å²) in [5.41, 5.74) is 2.29. The minimum absolute atomic E-state index is 0.307. The van der Waals surface area contributed by atoms with Crippen molar-refractivity contribution < 1.29 is 9.67 Å². The van der Waals surface area contributed by atoms with Crippen molar-refractivity contribution in [2.75, 3.05) is 11.5 Å². The van der Waals surface area contributed by atoms with Crippen molar-refractivity contribution >= 4 is 33.7 Å². The largest absolute Gasteiger partial charge is 0.508 e. The number of benzene rings is 1. The molecule has 0 saturated carbocycles. The van der Waals surface area contributed by atoms with E-state index in [1.807, 2.05) is 12.1 Å². The zero-order chi connectivity index (χ0) is 26.9. The molecular formula is C34H54NOS2+. The molecule has 0 unspecified atom stereocenters. The summed E-state index contributed by atoms with van der Waals surface area (Å²) < 4.78 is 2.30. The van der Waals surface area contributed by atoms with Crippen molar-refractivity contribution in [1.82, 2.24) is 0 Å². The lowest BCUT2D eigenvalue weighted by Crippen LogP contribution is -2.32. The predicted octanol–water partition coefficient (Wildman–Crippen LogP) is 10.9. The Morgan fingerprint density at radius 1 is 0.553 bits per heavy atom. The van der Waals surface area contributed by atoms with E-state index in [4.69, 9.17) is 0 Å². The van der Waals surface area contributed by atoms with Crippen LogP contribution < -0.4 is 4.57 Å². The summed E-state index contributed by atoms with van der Waals surface area (Å²) >= 11 is 0. The van der Waals surface area contributed by atoms with Crippen LogP contribution in [-0.2, 0) is 6.54 Å². The van der Waals surface area contributed by atoms with Gasteiger partial charge in [-0.05, 0) is 42.5 Å². The average Bonchev–Trinajstić information content (AvgIpc) is 2.94. The van der Waals surface area contributed by atoms with E-state index in [1.165, 1.54) is 126 Å². The topological polar surface area (TPSA) is 24.1 Å². The highest BCUT2D eigenvalue weighted by molar-refractivity contribution is 8.76. The third-order valence-corrected chi connectivity index (χ3v) is 9.66. The lowest BCUT2D eigenvalue weighted by molar-refractivity contribution is -0.697. The number of aryl methyl sites for hydroxylation is 1. The molecule has 2 rings (SSSR count). The summed E-state index contributed by atoms with van der Waals surface area (Å²) in [6, 6.07) is 11.6. The van der Waals surface area contributed by atoms with Crippen LogP contribution in [0.5, 0.6) is 5.75 Å². The molecular weight excluding hydrogens is 503 g/mol. The standard InChI is InChI=1S/C34H53NOS2/c1-2-3-4-5-6-11-14-17-30-37-38-31-18-15-12-9-7-8-10-13-16-27-35-28-25-33(26-29-35)20-19-32-21-23-34(36)24-22-32/h19-26,28-29H,2-18,27,30-31H2,1H3/p+1. The zero-order valence-electron chi connectivity index (χ0n) is 24.1. The fraction of sp³-hybridized carbons (Fsp3) is 0.618. The van der Waals surface area contributed by atoms with Crippen molar-refractivity contribution in [2.24, 2.45) is 0 Å². The molecule has 0 spiro atoms. The number of phenolic OH excluding ortho intramolecular Hbond substituents is 1. The van der Waals surface area contributed by atoms with Crippen LogP contribution in [-0.4, -0.2) is 16.6 Å². The number of hydrogen-bond donors (Lipinski definition) is 1. The molecule has 0 radical (unpaired) electrons. The van der Waals surface area contributed by atoms with Gasteiger partial charge in [-0.15, -0.1) is 0 Å². The highest BCUT2D eigenvalue weighted by Gasteiger charge is 2.01. The number of aromatic nitrogens is 1. The van der Waals surface area contributed by atoms with Crippen molar-refractivity contribution in [3.05, 3.63) is 59.9 Å². The monoisotopic (exact) mass is 556 g/mol. The van der Waals surface area contributed by atoms with Gasteiger partial charge in [-0.2, -0.15) is 0 Å². The van der Waals surface area contributed by atoms with E-state index in [0.29, 0.717) is 5.75 Å².